The molecular weight excluding hydrogens is 1280 g/mol. The standard InChI is InChI=1S/C79H154O17P2/c1-7-10-12-14-16-18-20-22-24-28-32-36-43-49-55-61-76(81)89-67-74(95-79(84)64-58-52-46-38-34-30-26-27-31-35-41-47-53-59-71(4)5)69-93-97(85,86)91-65-73(80)66-92-98(87,88)94-70-75(68-90-77(82)62-56-50-44-40-39-42-48-54-60-72(6)9-3)96-78(83)63-57-51-45-37-33-29-25-23-21-19-17-15-13-11-8-2/h71-75,80H,7-70H2,1-6H3,(H,85,86)(H,87,88)/t72?,73-,74-,75-/m1/s1. The lowest BCUT2D eigenvalue weighted by Crippen LogP contribution is -2.30. The van der Waals surface area contributed by atoms with Crippen LogP contribution in [0.25, 0.3) is 0 Å². The molecule has 3 N–H and O–H groups in total. The second-order valence-corrected chi connectivity index (χ2v) is 32.1. The molecule has 0 bridgehead atoms. The Kier molecular flexibility index (Phi) is 69.3. The van der Waals surface area contributed by atoms with E-state index in [2.05, 4.69) is 41.5 Å². The minimum Gasteiger partial charge on any atom is -0.462 e. The zero-order valence-corrected chi connectivity index (χ0v) is 65.9. The van der Waals surface area contributed by atoms with Gasteiger partial charge in [-0.15, -0.1) is 0 Å². The molecule has 3 unspecified atom stereocenters. The van der Waals surface area contributed by atoms with E-state index in [1.54, 1.807) is 0 Å². The number of ether oxygens (including phenoxy) is 4. The zero-order valence-electron chi connectivity index (χ0n) is 64.1. The van der Waals surface area contributed by atoms with Gasteiger partial charge in [-0.3, -0.25) is 37.3 Å². The molecule has 0 aliphatic rings. The fourth-order valence-electron chi connectivity index (χ4n) is 12.2. The quantitative estimate of drug-likeness (QED) is 0.0222. The number of esters is 4. The van der Waals surface area contributed by atoms with Crippen molar-refractivity contribution in [2.45, 2.75) is 432 Å². The summed E-state index contributed by atoms with van der Waals surface area (Å²) >= 11 is 0. The first-order valence-corrected chi connectivity index (χ1v) is 44.0. The van der Waals surface area contributed by atoms with Gasteiger partial charge in [-0.25, -0.2) is 9.13 Å². The summed E-state index contributed by atoms with van der Waals surface area (Å²) in [6.07, 6.45) is 59.4. The molecular formula is C79H154O17P2. The highest BCUT2D eigenvalue weighted by atomic mass is 31.2. The number of rotatable bonds is 78. The van der Waals surface area contributed by atoms with Crippen LogP contribution in [0.2, 0.25) is 0 Å². The smallest absolute Gasteiger partial charge is 0.462 e. The van der Waals surface area contributed by atoms with E-state index in [9.17, 15) is 43.2 Å². The summed E-state index contributed by atoms with van der Waals surface area (Å²) in [7, 11) is -9.92. The largest absolute Gasteiger partial charge is 0.472 e. The van der Waals surface area contributed by atoms with Gasteiger partial charge in [-0.05, 0) is 37.5 Å². The summed E-state index contributed by atoms with van der Waals surface area (Å²) in [6, 6.07) is 0. The van der Waals surface area contributed by atoms with Crippen molar-refractivity contribution in [1.29, 1.82) is 0 Å². The summed E-state index contributed by atoms with van der Waals surface area (Å²) in [5, 5.41) is 10.6. The van der Waals surface area contributed by atoms with E-state index in [4.69, 9.17) is 37.0 Å². The van der Waals surface area contributed by atoms with E-state index < -0.39 is 97.5 Å². The highest BCUT2D eigenvalue weighted by Gasteiger charge is 2.30. The molecule has 0 aromatic carbocycles. The normalized spacial score (nSPS) is 14.2. The van der Waals surface area contributed by atoms with E-state index in [0.29, 0.717) is 25.7 Å². The molecule has 6 atom stereocenters. The Morgan fingerprint density at radius 1 is 0.296 bits per heavy atom. The maximum Gasteiger partial charge on any atom is 0.472 e. The number of phosphoric acid groups is 2. The van der Waals surface area contributed by atoms with E-state index in [-0.39, 0.29) is 25.7 Å². The molecule has 0 amide bonds. The molecule has 0 aromatic rings. The van der Waals surface area contributed by atoms with Crippen molar-refractivity contribution in [3.63, 3.8) is 0 Å². The number of aliphatic hydroxyl groups is 1. The number of aliphatic hydroxyl groups excluding tert-OH is 1. The van der Waals surface area contributed by atoms with Gasteiger partial charge in [-0.2, -0.15) is 0 Å². The van der Waals surface area contributed by atoms with Crippen LogP contribution in [0.3, 0.4) is 0 Å². The van der Waals surface area contributed by atoms with Gasteiger partial charge in [0.2, 0.25) is 0 Å². The van der Waals surface area contributed by atoms with Crippen molar-refractivity contribution in [3.05, 3.63) is 0 Å². The van der Waals surface area contributed by atoms with Crippen molar-refractivity contribution >= 4 is 39.5 Å². The van der Waals surface area contributed by atoms with Crippen molar-refractivity contribution < 1.29 is 80.2 Å². The first-order valence-electron chi connectivity index (χ1n) is 41.0. The summed E-state index contributed by atoms with van der Waals surface area (Å²) in [5.41, 5.74) is 0. The zero-order chi connectivity index (χ0) is 72.1. The Hall–Kier alpha value is -1.94. The molecule has 0 heterocycles. The summed E-state index contributed by atoms with van der Waals surface area (Å²) in [5.74, 6) is -0.545. The maximum absolute atomic E-state index is 13.1. The van der Waals surface area contributed by atoms with Gasteiger partial charge in [0.1, 0.15) is 19.3 Å². The maximum atomic E-state index is 13.1. The monoisotopic (exact) mass is 1440 g/mol. The number of carbonyl (C=O) groups is 4. The number of phosphoric ester groups is 2. The number of carbonyl (C=O) groups excluding carboxylic acids is 4. The molecule has 0 aromatic heterocycles. The Bertz CT molecular complexity index is 1890. The molecule has 582 valence electrons. The average molecular weight is 1440 g/mol. The molecule has 17 nitrogen and oxygen atoms in total. The number of hydrogen-bond acceptors (Lipinski definition) is 15. The van der Waals surface area contributed by atoms with E-state index in [0.717, 1.165) is 102 Å². The molecule has 0 saturated carbocycles. The topological polar surface area (TPSA) is 237 Å². The van der Waals surface area contributed by atoms with Gasteiger partial charge < -0.3 is 33.8 Å². The second-order valence-electron chi connectivity index (χ2n) is 29.2. The lowest BCUT2D eigenvalue weighted by molar-refractivity contribution is -0.161. The van der Waals surface area contributed by atoms with Crippen LogP contribution in [0, 0.1) is 11.8 Å². The van der Waals surface area contributed by atoms with Gasteiger partial charge in [-0.1, -0.05) is 363 Å². The molecule has 0 aliphatic carbocycles. The molecule has 0 spiro atoms. The van der Waals surface area contributed by atoms with Crippen molar-refractivity contribution in [3.8, 4) is 0 Å². The Morgan fingerprint density at radius 3 is 0.776 bits per heavy atom. The predicted octanol–water partition coefficient (Wildman–Crippen LogP) is 23.5. The number of unbranched alkanes of at least 4 members (excludes halogenated alkanes) is 47. The van der Waals surface area contributed by atoms with Crippen molar-refractivity contribution in [1.82, 2.24) is 0 Å². The Labute approximate surface area is 600 Å². The minimum atomic E-state index is -4.96. The fraction of sp³-hybridized carbons (Fsp3) is 0.949. The molecule has 0 rings (SSSR count). The highest BCUT2D eigenvalue weighted by molar-refractivity contribution is 7.47. The molecule has 98 heavy (non-hydrogen) atoms. The SMILES string of the molecule is CCCCCCCCCCCCCCCCCC(=O)OC[C@H](COP(=O)(O)OC[C@@H](O)COP(=O)(O)OC[C@@H](COC(=O)CCCCCCCCCCC(C)CC)OC(=O)CCCCCCCCCCCCCCCCC)OC(=O)CCCCCCCCCCCCCCCC(C)C. The lowest BCUT2D eigenvalue weighted by Gasteiger charge is -2.21. The summed E-state index contributed by atoms with van der Waals surface area (Å²) in [6.45, 7) is 9.65. The third-order valence-corrected chi connectivity index (χ3v) is 20.7. The van der Waals surface area contributed by atoms with E-state index >= 15 is 0 Å². The number of hydrogen-bond donors (Lipinski definition) is 3. The predicted molar refractivity (Wildman–Crippen MR) is 400 cm³/mol. The summed E-state index contributed by atoms with van der Waals surface area (Å²) in [4.78, 5) is 73.0. The third-order valence-electron chi connectivity index (χ3n) is 18.8. The van der Waals surface area contributed by atoms with E-state index in [1.165, 1.54) is 231 Å². The van der Waals surface area contributed by atoms with Gasteiger partial charge >= 0.3 is 39.5 Å². The molecule has 19 heteroatoms. The van der Waals surface area contributed by atoms with Crippen LogP contribution in [-0.2, 0) is 65.4 Å². The molecule has 0 radical (unpaired) electrons. The van der Waals surface area contributed by atoms with Crippen LogP contribution in [0.15, 0.2) is 0 Å². The lowest BCUT2D eigenvalue weighted by atomic mass is 9.99. The summed E-state index contributed by atoms with van der Waals surface area (Å²) < 4.78 is 68.7. The Morgan fingerprint density at radius 2 is 0.520 bits per heavy atom. The van der Waals surface area contributed by atoms with Crippen LogP contribution >= 0.6 is 15.6 Å². The molecule has 0 saturated heterocycles. The molecule has 0 fully saturated rings. The van der Waals surface area contributed by atoms with Crippen molar-refractivity contribution in [2.75, 3.05) is 39.6 Å². The Balaban J connectivity index is 5.27. The van der Waals surface area contributed by atoms with Crippen LogP contribution in [0.4, 0.5) is 0 Å². The first-order chi connectivity index (χ1) is 47.4. The average Bonchev–Trinajstić information content (AvgIpc) is 0.991. The second kappa shape index (κ2) is 70.7. The van der Waals surface area contributed by atoms with Crippen LogP contribution in [0.1, 0.15) is 414 Å². The van der Waals surface area contributed by atoms with Gasteiger partial charge in [0.25, 0.3) is 0 Å². The van der Waals surface area contributed by atoms with Crippen LogP contribution in [-0.4, -0.2) is 96.7 Å². The van der Waals surface area contributed by atoms with Gasteiger partial charge in [0.05, 0.1) is 26.4 Å². The molecule has 0 aliphatic heterocycles. The highest BCUT2D eigenvalue weighted by Crippen LogP contribution is 2.45. The third kappa shape index (κ3) is 71.1. The van der Waals surface area contributed by atoms with Crippen LogP contribution in [0.5, 0.6) is 0 Å². The minimum absolute atomic E-state index is 0.108. The van der Waals surface area contributed by atoms with E-state index in [1.807, 2.05) is 0 Å². The first kappa shape index (κ1) is 96.1. The van der Waals surface area contributed by atoms with Crippen molar-refractivity contribution in [2.24, 2.45) is 11.8 Å². The fourth-order valence-corrected chi connectivity index (χ4v) is 13.7. The van der Waals surface area contributed by atoms with Gasteiger partial charge in [0, 0.05) is 25.7 Å². The van der Waals surface area contributed by atoms with Gasteiger partial charge in [0.15, 0.2) is 12.2 Å². The van der Waals surface area contributed by atoms with Crippen LogP contribution < -0.4 is 0 Å².